The lowest BCUT2D eigenvalue weighted by Gasteiger charge is -2.28. The van der Waals surface area contributed by atoms with Crippen LogP contribution in [-0.2, 0) is 9.59 Å². The third-order valence-corrected chi connectivity index (χ3v) is 3.24. The Balaban J connectivity index is 3.27. The molecular formula is C8H6Cl3NO3. The van der Waals surface area contributed by atoms with Gasteiger partial charge >= 0.3 is 5.97 Å². The Morgan fingerprint density at radius 2 is 1.93 bits per heavy atom. The van der Waals surface area contributed by atoms with Gasteiger partial charge in [0.2, 0.25) is 5.91 Å². The quantitative estimate of drug-likeness (QED) is 0.745. The lowest BCUT2D eigenvalue weighted by molar-refractivity contribution is -0.142. The van der Waals surface area contributed by atoms with Crippen LogP contribution in [0.1, 0.15) is 0 Å². The molecule has 1 aliphatic carbocycles. The van der Waals surface area contributed by atoms with Crippen LogP contribution in [-0.4, -0.2) is 21.9 Å². The van der Waals surface area contributed by atoms with Gasteiger partial charge in [0, 0.05) is 0 Å². The average Bonchev–Trinajstić information content (AvgIpc) is 2.10. The van der Waals surface area contributed by atoms with Crippen molar-refractivity contribution >= 4 is 46.7 Å². The number of amides is 1. The SMILES string of the molecule is NC(=O)C1(Cl)C=C(Cl)C(Cl)=CC1C(=O)O. The van der Waals surface area contributed by atoms with Gasteiger partial charge in [-0.3, -0.25) is 9.59 Å². The van der Waals surface area contributed by atoms with Crippen LogP contribution in [0, 0.1) is 5.92 Å². The Morgan fingerprint density at radius 3 is 2.33 bits per heavy atom. The number of hydrogen-bond donors (Lipinski definition) is 2. The summed E-state index contributed by atoms with van der Waals surface area (Å²) in [5.41, 5.74) is 5.03. The number of primary amides is 1. The fraction of sp³-hybridized carbons (Fsp3) is 0.250. The summed E-state index contributed by atoms with van der Waals surface area (Å²) in [5.74, 6) is -3.62. The summed E-state index contributed by atoms with van der Waals surface area (Å²) >= 11 is 17.1. The monoisotopic (exact) mass is 269 g/mol. The highest BCUT2D eigenvalue weighted by atomic mass is 35.5. The number of alkyl halides is 1. The number of halogens is 3. The van der Waals surface area contributed by atoms with E-state index in [1.807, 2.05) is 0 Å². The number of carbonyl (C=O) groups excluding carboxylic acids is 1. The normalized spacial score (nSPS) is 30.5. The molecule has 15 heavy (non-hydrogen) atoms. The van der Waals surface area contributed by atoms with Crippen LogP contribution in [0.3, 0.4) is 0 Å². The van der Waals surface area contributed by atoms with Gasteiger partial charge in [-0.2, -0.15) is 0 Å². The number of carboxylic acids is 1. The summed E-state index contributed by atoms with van der Waals surface area (Å²) in [5, 5.41) is 8.89. The molecule has 0 spiro atoms. The molecule has 0 bridgehead atoms. The molecule has 0 aromatic rings. The van der Waals surface area contributed by atoms with Gasteiger partial charge in [-0.25, -0.2) is 0 Å². The van der Waals surface area contributed by atoms with Crippen molar-refractivity contribution in [3.63, 3.8) is 0 Å². The second-order valence-electron chi connectivity index (χ2n) is 2.96. The molecule has 0 fully saturated rings. The standard InChI is InChI=1S/C8H6Cl3NO3/c9-4-1-3(6(13)14)8(11,7(12)15)2-5(4)10/h1-3H,(H2,12,15)(H,13,14). The van der Waals surface area contributed by atoms with Crippen LogP contribution >= 0.6 is 34.8 Å². The first kappa shape index (κ1) is 12.4. The topological polar surface area (TPSA) is 80.4 Å². The Hall–Kier alpha value is -0.710. The number of aliphatic carboxylic acids is 1. The third-order valence-electron chi connectivity index (χ3n) is 1.97. The summed E-state index contributed by atoms with van der Waals surface area (Å²) in [6, 6.07) is 0. The molecule has 0 saturated heterocycles. The van der Waals surface area contributed by atoms with Crippen molar-refractivity contribution in [1.29, 1.82) is 0 Å². The van der Waals surface area contributed by atoms with Crippen molar-refractivity contribution in [2.24, 2.45) is 11.7 Å². The average molecular weight is 270 g/mol. The van der Waals surface area contributed by atoms with Gasteiger partial charge in [0.25, 0.3) is 0 Å². The molecular weight excluding hydrogens is 264 g/mol. The number of hydrogen-bond acceptors (Lipinski definition) is 2. The fourth-order valence-corrected chi connectivity index (χ4v) is 1.90. The Labute approximate surface area is 100 Å². The Kier molecular flexibility index (Phi) is 3.33. The molecule has 0 radical (unpaired) electrons. The molecule has 0 aromatic heterocycles. The molecule has 1 aliphatic rings. The van der Waals surface area contributed by atoms with Gasteiger partial charge in [0.05, 0.1) is 10.1 Å². The highest BCUT2D eigenvalue weighted by Crippen LogP contribution is 2.39. The molecule has 4 nitrogen and oxygen atoms in total. The van der Waals surface area contributed by atoms with Crippen LogP contribution in [0.5, 0.6) is 0 Å². The second-order valence-corrected chi connectivity index (χ2v) is 4.39. The highest BCUT2D eigenvalue weighted by Gasteiger charge is 2.46. The first-order valence-electron chi connectivity index (χ1n) is 3.76. The van der Waals surface area contributed by atoms with Crippen molar-refractivity contribution < 1.29 is 14.7 Å². The summed E-state index contributed by atoms with van der Waals surface area (Å²) in [6.07, 6.45) is 2.13. The van der Waals surface area contributed by atoms with Crippen LogP contribution in [0.4, 0.5) is 0 Å². The fourth-order valence-electron chi connectivity index (χ4n) is 1.17. The van der Waals surface area contributed by atoms with Gasteiger partial charge < -0.3 is 10.8 Å². The van der Waals surface area contributed by atoms with Crippen molar-refractivity contribution in [3.8, 4) is 0 Å². The first-order valence-corrected chi connectivity index (χ1v) is 4.90. The molecule has 3 N–H and O–H groups in total. The van der Waals surface area contributed by atoms with Gasteiger partial charge in [-0.15, -0.1) is 11.6 Å². The van der Waals surface area contributed by atoms with E-state index in [2.05, 4.69) is 0 Å². The predicted molar refractivity (Wildman–Crippen MR) is 56.8 cm³/mol. The van der Waals surface area contributed by atoms with E-state index in [4.69, 9.17) is 45.6 Å². The molecule has 0 aromatic carbocycles. The number of nitrogens with two attached hydrogens (primary N) is 1. The van der Waals surface area contributed by atoms with Crippen LogP contribution < -0.4 is 5.73 Å². The molecule has 2 unspecified atom stereocenters. The predicted octanol–water partition coefficient (Wildman–Crippen LogP) is 1.41. The molecule has 1 amide bonds. The lowest BCUT2D eigenvalue weighted by atomic mass is 9.87. The molecule has 7 heteroatoms. The summed E-state index contributed by atoms with van der Waals surface area (Å²) in [6.45, 7) is 0. The summed E-state index contributed by atoms with van der Waals surface area (Å²) in [4.78, 5) is 20.1. The lowest BCUT2D eigenvalue weighted by Crippen LogP contribution is -2.47. The number of allylic oxidation sites excluding steroid dienone is 2. The first-order chi connectivity index (χ1) is 6.79. The number of rotatable bonds is 2. The van der Waals surface area contributed by atoms with E-state index in [0.717, 1.165) is 12.2 Å². The molecule has 0 saturated carbocycles. The van der Waals surface area contributed by atoms with Crippen molar-refractivity contribution in [1.82, 2.24) is 0 Å². The van der Waals surface area contributed by atoms with E-state index in [1.165, 1.54) is 0 Å². The zero-order chi connectivity index (χ0) is 11.8. The van der Waals surface area contributed by atoms with Crippen molar-refractivity contribution in [2.45, 2.75) is 4.87 Å². The minimum Gasteiger partial charge on any atom is -0.481 e. The Morgan fingerprint density at radius 1 is 1.40 bits per heavy atom. The minimum absolute atomic E-state index is 0.00275. The largest absolute Gasteiger partial charge is 0.481 e. The van der Waals surface area contributed by atoms with E-state index in [9.17, 15) is 9.59 Å². The minimum atomic E-state index is -1.87. The maximum Gasteiger partial charge on any atom is 0.313 e. The maximum absolute atomic E-state index is 11.1. The van der Waals surface area contributed by atoms with E-state index in [0.29, 0.717) is 0 Å². The second kappa shape index (κ2) is 4.04. The van der Waals surface area contributed by atoms with E-state index in [-0.39, 0.29) is 10.1 Å². The molecule has 0 heterocycles. The van der Waals surface area contributed by atoms with Gasteiger partial charge in [-0.05, 0) is 12.2 Å². The van der Waals surface area contributed by atoms with Crippen LogP contribution in [0.2, 0.25) is 0 Å². The summed E-state index contributed by atoms with van der Waals surface area (Å²) in [7, 11) is 0. The van der Waals surface area contributed by atoms with E-state index in [1.54, 1.807) is 0 Å². The smallest absolute Gasteiger partial charge is 0.313 e. The van der Waals surface area contributed by atoms with Crippen molar-refractivity contribution in [2.75, 3.05) is 0 Å². The summed E-state index contributed by atoms with van der Waals surface area (Å²) < 4.78 is 0. The maximum atomic E-state index is 11.1. The molecule has 1 rings (SSSR count). The number of carboxylic acid groups (broad SMARTS) is 1. The molecule has 0 aliphatic heterocycles. The number of carbonyl (C=O) groups is 2. The highest BCUT2D eigenvalue weighted by molar-refractivity contribution is 6.46. The van der Waals surface area contributed by atoms with Crippen molar-refractivity contribution in [3.05, 3.63) is 22.2 Å². The zero-order valence-electron chi connectivity index (χ0n) is 7.21. The van der Waals surface area contributed by atoms with Gasteiger partial charge in [0.1, 0.15) is 5.92 Å². The van der Waals surface area contributed by atoms with Crippen LogP contribution in [0.25, 0.3) is 0 Å². The van der Waals surface area contributed by atoms with E-state index >= 15 is 0 Å². The van der Waals surface area contributed by atoms with Gasteiger partial charge in [-0.1, -0.05) is 23.2 Å². The van der Waals surface area contributed by atoms with Crippen LogP contribution in [0.15, 0.2) is 22.2 Å². The molecule has 2 atom stereocenters. The van der Waals surface area contributed by atoms with Gasteiger partial charge in [0.15, 0.2) is 4.87 Å². The van der Waals surface area contributed by atoms with E-state index < -0.39 is 22.7 Å². The molecule has 82 valence electrons. The Bertz CT molecular complexity index is 391. The zero-order valence-corrected chi connectivity index (χ0v) is 9.47. The third kappa shape index (κ3) is 2.12.